The van der Waals surface area contributed by atoms with Crippen LogP contribution in [0.25, 0.3) is 0 Å². The van der Waals surface area contributed by atoms with Crippen LogP contribution in [0.15, 0.2) is 24.3 Å². The van der Waals surface area contributed by atoms with Gasteiger partial charge in [-0.05, 0) is 30.5 Å². The van der Waals surface area contributed by atoms with Gasteiger partial charge >= 0.3 is 12.0 Å². The molecular formula is C12H16N2O4. The number of amides is 2. The minimum absolute atomic E-state index is 0.122. The maximum atomic E-state index is 11.3. The fraction of sp³-hybridized carbons (Fsp3) is 0.333. The molecule has 0 fully saturated rings. The summed E-state index contributed by atoms with van der Waals surface area (Å²) in [5.41, 5.74) is 1.59. The molecule has 0 heterocycles. The zero-order chi connectivity index (χ0) is 13.4. The number of carboxylic acid groups (broad SMARTS) is 1. The number of benzene rings is 1. The summed E-state index contributed by atoms with van der Waals surface area (Å²) in [5, 5.41) is 21.9. The highest BCUT2D eigenvalue weighted by Gasteiger charge is 2.04. The predicted molar refractivity (Wildman–Crippen MR) is 66.5 cm³/mol. The number of aliphatic hydroxyl groups is 1. The molecule has 0 saturated carbocycles. The minimum Gasteiger partial charge on any atom is -0.480 e. The highest BCUT2D eigenvalue weighted by atomic mass is 16.4. The lowest BCUT2D eigenvalue weighted by Crippen LogP contribution is -2.33. The molecule has 0 unspecified atom stereocenters. The van der Waals surface area contributed by atoms with Gasteiger partial charge in [0.05, 0.1) is 0 Å². The van der Waals surface area contributed by atoms with E-state index in [4.69, 9.17) is 10.2 Å². The Bertz CT molecular complexity index is 420. The number of hydrogen-bond donors (Lipinski definition) is 4. The predicted octanol–water partition coefficient (Wildman–Crippen LogP) is 0.818. The van der Waals surface area contributed by atoms with Gasteiger partial charge in [0, 0.05) is 12.3 Å². The van der Waals surface area contributed by atoms with Crippen molar-refractivity contribution in [2.75, 3.05) is 18.5 Å². The Morgan fingerprint density at radius 1 is 1.28 bits per heavy atom. The van der Waals surface area contributed by atoms with E-state index < -0.39 is 18.5 Å². The molecule has 0 radical (unpaired) electrons. The first-order valence-corrected chi connectivity index (χ1v) is 5.58. The molecule has 0 spiro atoms. The van der Waals surface area contributed by atoms with Crippen molar-refractivity contribution >= 4 is 17.7 Å². The van der Waals surface area contributed by atoms with Crippen molar-refractivity contribution in [1.82, 2.24) is 5.32 Å². The summed E-state index contributed by atoms with van der Waals surface area (Å²) in [7, 11) is 0. The van der Waals surface area contributed by atoms with Gasteiger partial charge in [0.25, 0.3) is 0 Å². The van der Waals surface area contributed by atoms with Crippen molar-refractivity contribution in [3.63, 3.8) is 0 Å². The number of rotatable bonds is 6. The first kappa shape index (κ1) is 14.0. The first-order chi connectivity index (χ1) is 8.61. The van der Waals surface area contributed by atoms with Gasteiger partial charge in [-0.2, -0.15) is 0 Å². The normalized spacial score (nSPS) is 9.83. The van der Waals surface area contributed by atoms with Gasteiger partial charge < -0.3 is 20.8 Å². The summed E-state index contributed by atoms with van der Waals surface area (Å²) >= 11 is 0. The number of anilines is 1. The number of urea groups is 1. The molecule has 98 valence electrons. The summed E-state index contributed by atoms with van der Waals surface area (Å²) in [5.74, 6) is -1.10. The Labute approximate surface area is 105 Å². The third-order valence-corrected chi connectivity index (χ3v) is 2.21. The van der Waals surface area contributed by atoms with Crippen molar-refractivity contribution in [3.8, 4) is 0 Å². The summed E-state index contributed by atoms with van der Waals surface area (Å²) in [6.07, 6.45) is 1.39. The Balaban J connectivity index is 2.50. The van der Waals surface area contributed by atoms with Crippen molar-refractivity contribution in [2.45, 2.75) is 12.8 Å². The summed E-state index contributed by atoms with van der Waals surface area (Å²) in [6, 6.07) is 6.63. The van der Waals surface area contributed by atoms with E-state index in [1.165, 1.54) is 0 Å². The van der Waals surface area contributed by atoms with Gasteiger partial charge in [-0.15, -0.1) is 0 Å². The number of aryl methyl sites for hydroxylation is 1. The van der Waals surface area contributed by atoms with Crippen LogP contribution in [0.1, 0.15) is 12.0 Å². The lowest BCUT2D eigenvalue weighted by atomic mass is 10.1. The second-order valence-electron chi connectivity index (χ2n) is 3.73. The average molecular weight is 252 g/mol. The van der Waals surface area contributed by atoms with Crippen LogP contribution in [0.5, 0.6) is 0 Å². The Kier molecular flexibility index (Phi) is 5.66. The molecule has 1 aromatic carbocycles. The van der Waals surface area contributed by atoms with Gasteiger partial charge in [0.2, 0.25) is 0 Å². The maximum Gasteiger partial charge on any atom is 0.323 e. The van der Waals surface area contributed by atoms with Gasteiger partial charge in [-0.25, -0.2) is 4.79 Å². The van der Waals surface area contributed by atoms with Crippen molar-refractivity contribution in [2.24, 2.45) is 0 Å². The maximum absolute atomic E-state index is 11.3. The quantitative estimate of drug-likeness (QED) is 0.602. The van der Waals surface area contributed by atoms with Gasteiger partial charge in [0.1, 0.15) is 6.54 Å². The van der Waals surface area contributed by atoms with Gasteiger partial charge in [-0.1, -0.05) is 12.1 Å². The fourth-order valence-corrected chi connectivity index (χ4v) is 1.42. The standard InChI is InChI=1S/C12H16N2O4/c15-6-2-4-9-3-1-5-10(7-9)14-12(18)13-8-11(16)17/h1,3,5,7,15H,2,4,6,8H2,(H,16,17)(H2,13,14,18). The molecule has 0 saturated heterocycles. The lowest BCUT2D eigenvalue weighted by molar-refractivity contribution is -0.135. The number of aliphatic hydroxyl groups excluding tert-OH is 1. The van der Waals surface area contributed by atoms with E-state index in [1.807, 2.05) is 6.07 Å². The van der Waals surface area contributed by atoms with Crippen LogP contribution in [-0.2, 0) is 11.2 Å². The number of nitrogens with one attached hydrogen (secondary N) is 2. The Hall–Kier alpha value is -2.08. The summed E-state index contributed by atoms with van der Waals surface area (Å²) < 4.78 is 0. The number of carboxylic acids is 1. The monoisotopic (exact) mass is 252 g/mol. The number of aliphatic carboxylic acids is 1. The second kappa shape index (κ2) is 7.29. The Morgan fingerprint density at radius 3 is 2.72 bits per heavy atom. The largest absolute Gasteiger partial charge is 0.480 e. The minimum atomic E-state index is -1.10. The molecule has 1 aromatic rings. The van der Waals surface area contributed by atoms with Gasteiger partial charge in [-0.3, -0.25) is 4.79 Å². The molecule has 0 aromatic heterocycles. The molecular weight excluding hydrogens is 236 g/mol. The lowest BCUT2D eigenvalue weighted by Gasteiger charge is -2.07. The molecule has 6 nitrogen and oxygen atoms in total. The second-order valence-corrected chi connectivity index (χ2v) is 3.73. The smallest absolute Gasteiger partial charge is 0.323 e. The molecule has 0 aliphatic heterocycles. The molecule has 1 rings (SSSR count). The highest BCUT2D eigenvalue weighted by molar-refractivity contribution is 5.91. The molecule has 0 bridgehead atoms. The fourth-order valence-electron chi connectivity index (χ4n) is 1.42. The summed E-state index contributed by atoms with van der Waals surface area (Å²) in [4.78, 5) is 21.6. The highest BCUT2D eigenvalue weighted by Crippen LogP contribution is 2.11. The number of carbonyl (C=O) groups excluding carboxylic acids is 1. The van der Waals surface area contributed by atoms with E-state index in [9.17, 15) is 9.59 Å². The zero-order valence-electron chi connectivity index (χ0n) is 9.85. The third kappa shape index (κ3) is 5.31. The van der Waals surface area contributed by atoms with E-state index in [1.54, 1.807) is 18.2 Å². The van der Waals surface area contributed by atoms with E-state index in [-0.39, 0.29) is 6.61 Å². The van der Waals surface area contributed by atoms with Crippen LogP contribution >= 0.6 is 0 Å². The molecule has 0 aliphatic rings. The molecule has 18 heavy (non-hydrogen) atoms. The number of hydrogen-bond acceptors (Lipinski definition) is 3. The van der Waals surface area contributed by atoms with Crippen molar-refractivity contribution < 1.29 is 19.8 Å². The third-order valence-electron chi connectivity index (χ3n) is 2.21. The topological polar surface area (TPSA) is 98.7 Å². The van der Waals surface area contributed by atoms with Crippen LogP contribution in [0.3, 0.4) is 0 Å². The first-order valence-electron chi connectivity index (χ1n) is 5.58. The van der Waals surface area contributed by atoms with E-state index in [0.717, 1.165) is 12.0 Å². The van der Waals surface area contributed by atoms with E-state index in [0.29, 0.717) is 12.1 Å². The number of carbonyl (C=O) groups is 2. The summed E-state index contributed by atoms with van der Waals surface area (Å²) in [6.45, 7) is -0.299. The van der Waals surface area contributed by atoms with Crippen LogP contribution in [0, 0.1) is 0 Å². The Morgan fingerprint density at radius 2 is 2.06 bits per heavy atom. The molecule has 6 heteroatoms. The molecule has 4 N–H and O–H groups in total. The van der Waals surface area contributed by atoms with Crippen LogP contribution in [0.4, 0.5) is 10.5 Å². The van der Waals surface area contributed by atoms with Crippen molar-refractivity contribution in [3.05, 3.63) is 29.8 Å². The molecule has 2 amide bonds. The van der Waals surface area contributed by atoms with Crippen molar-refractivity contribution in [1.29, 1.82) is 0 Å². The van der Waals surface area contributed by atoms with Crippen LogP contribution < -0.4 is 10.6 Å². The zero-order valence-corrected chi connectivity index (χ0v) is 9.85. The van der Waals surface area contributed by atoms with E-state index >= 15 is 0 Å². The van der Waals surface area contributed by atoms with Crippen LogP contribution in [-0.4, -0.2) is 35.4 Å². The SMILES string of the molecule is O=C(O)CNC(=O)Nc1cccc(CCCO)c1. The molecule has 0 atom stereocenters. The van der Waals surface area contributed by atoms with Crippen LogP contribution in [0.2, 0.25) is 0 Å². The average Bonchev–Trinajstić information content (AvgIpc) is 2.34. The van der Waals surface area contributed by atoms with E-state index in [2.05, 4.69) is 10.6 Å². The molecule has 0 aliphatic carbocycles. The van der Waals surface area contributed by atoms with Gasteiger partial charge in [0.15, 0.2) is 0 Å².